The first-order valence-electron chi connectivity index (χ1n) is 4.15. The first-order valence-corrected chi connectivity index (χ1v) is 4.15. The Labute approximate surface area is 95.7 Å². The number of carbonyl (C=O) groups excluding carboxylic acids is 1. The van der Waals surface area contributed by atoms with Gasteiger partial charge in [0, 0.05) is 6.42 Å². The van der Waals surface area contributed by atoms with Crippen LogP contribution < -0.4 is 0 Å². The molecule has 0 fully saturated rings. The van der Waals surface area contributed by atoms with Gasteiger partial charge in [0.25, 0.3) is 0 Å². The Bertz CT molecular complexity index is 106. The van der Waals surface area contributed by atoms with Gasteiger partial charge in [-0.15, -0.1) is 0 Å². The molecule has 68 valence electrons. The average Bonchev–Trinajstić information content (AvgIpc) is 2.04. The van der Waals surface area contributed by atoms with Crippen molar-refractivity contribution >= 4 is 35.5 Å². The van der Waals surface area contributed by atoms with E-state index in [1.54, 1.807) is 0 Å². The van der Waals surface area contributed by atoms with E-state index >= 15 is 0 Å². The first kappa shape index (κ1) is 14.9. The monoisotopic (exact) mass is 184 g/mol. The van der Waals surface area contributed by atoms with Gasteiger partial charge >= 0.3 is 35.5 Å². The van der Waals surface area contributed by atoms with Gasteiger partial charge < -0.3 is 4.89 Å². The molecule has 0 spiro atoms. The van der Waals surface area contributed by atoms with Crippen molar-refractivity contribution in [3.8, 4) is 0 Å². The zero-order valence-electron chi connectivity index (χ0n) is 7.01. The average molecular weight is 184 g/mol. The van der Waals surface area contributed by atoms with Crippen molar-refractivity contribution in [1.82, 2.24) is 0 Å². The molecule has 0 amide bonds. The van der Waals surface area contributed by atoms with E-state index in [1.807, 2.05) is 0 Å². The Hall–Kier alpha value is 0.430. The molecule has 0 aromatic carbocycles. The molecule has 0 saturated heterocycles. The number of hydrogen-bond acceptors (Lipinski definition) is 3. The number of unbranched alkanes of at least 4 members (excludes halogenated alkanes) is 4. The quantitative estimate of drug-likeness (QED) is 0.296. The standard InChI is InChI=1S/C8H16O3.Na.H/c1-2-3-4-5-6-7-8(9)11-10;;/h10H,2-7H2,1H3;;. The molecule has 0 bridgehead atoms. The maximum absolute atomic E-state index is 10.4. The molecule has 12 heavy (non-hydrogen) atoms. The predicted molar refractivity (Wildman–Crippen MR) is 49.2 cm³/mol. The molecular formula is C8H17NaO3. The molecule has 0 saturated carbocycles. The van der Waals surface area contributed by atoms with Crippen molar-refractivity contribution in [3.63, 3.8) is 0 Å². The second-order valence-electron chi connectivity index (χ2n) is 2.63. The summed E-state index contributed by atoms with van der Waals surface area (Å²) in [5, 5.41) is 7.89. The van der Waals surface area contributed by atoms with Crippen LogP contribution in [0.4, 0.5) is 0 Å². The van der Waals surface area contributed by atoms with Crippen LogP contribution >= 0.6 is 0 Å². The Morgan fingerprint density at radius 3 is 2.33 bits per heavy atom. The van der Waals surface area contributed by atoms with E-state index in [0.717, 1.165) is 19.3 Å². The van der Waals surface area contributed by atoms with Crippen LogP contribution in [-0.4, -0.2) is 40.8 Å². The van der Waals surface area contributed by atoms with Crippen LogP contribution in [0, 0.1) is 0 Å². The summed E-state index contributed by atoms with van der Waals surface area (Å²) in [4.78, 5) is 13.9. The number of carbonyl (C=O) groups is 1. The van der Waals surface area contributed by atoms with Crippen molar-refractivity contribution in [1.29, 1.82) is 0 Å². The van der Waals surface area contributed by atoms with Crippen LogP contribution in [0.25, 0.3) is 0 Å². The van der Waals surface area contributed by atoms with E-state index in [-0.39, 0.29) is 29.6 Å². The molecule has 0 atom stereocenters. The summed E-state index contributed by atoms with van der Waals surface area (Å²) in [6, 6.07) is 0. The normalized spacial score (nSPS) is 8.83. The van der Waals surface area contributed by atoms with Crippen molar-refractivity contribution in [3.05, 3.63) is 0 Å². The van der Waals surface area contributed by atoms with Crippen LogP contribution in [0.2, 0.25) is 0 Å². The topological polar surface area (TPSA) is 46.5 Å². The zero-order valence-corrected chi connectivity index (χ0v) is 7.01. The molecule has 3 nitrogen and oxygen atoms in total. The molecule has 0 aliphatic carbocycles. The predicted octanol–water partition coefficient (Wildman–Crippen LogP) is 1.71. The zero-order chi connectivity index (χ0) is 8.53. The fourth-order valence-corrected chi connectivity index (χ4v) is 0.919. The molecule has 0 radical (unpaired) electrons. The van der Waals surface area contributed by atoms with Gasteiger partial charge in [-0.2, -0.15) is 5.26 Å². The molecule has 4 heteroatoms. The summed E-state index contributed by atoms with van der Waals surface area (Å²) in [6.45, 7) is 2.14. The van der Waals surface area contributed by atoms with Gasteiger partial charge in [0.05, 0.1) is 0 Å². The minimum atomic E-state index is -0.526. The van der Waals surface area contributed by atoms with Crippen molar-refractivity contribution < 1.29 is 14.9 Å². The van der Waals surface area contributed by atoms with E-state index in [2.05, 4.69) is 11.8 Å². The second-order valence-corrected chi connectivity index (χ2v) is 2.63. The van der Waals surface area contributed by atoms with Gasteiger partial charge in [0.1, 0.15) is 0 Å². The fourth-order valence-electron chi connectivity index (χ4n) is 0.919. The second kappa shape index (κ2) is 11.4. The summed E-state index contributed by atoms with van der Waals surface area (Å²) in [5.41, 5.74) is 0. The van der Waals surface area contributed by atoms with E-state index < -0.39 is 5.97 Å². The maximum atomic E-state index is 10.4. The number of hydrogen-bond donors (Lipinski definition) is 1. The molecule has 0 unspecified atom stereocenters. The van der Waals surface area contributed by atoms with E-state index in [9.17, 15) is 4.79 Å². The molecule has 0 aromatic heterocycles. The van der Waals surface area contributed by atoms with Crippen LogP contribution in [0.15, 0.2) is 0 Å². The SMILES string of the molecule is CCCCCCCC(=O)OO.[NaH]. The van der Waals surface area contributed by atoms with E-state index in [1.165, 1.54) is 12.8 Å². The third-order valence-corrected chi connectivity index (χ3v) is 1.59. The van der Waals surface area contributed by atoms with Gasteiger partial charge in [-0.05, 0) is 6.42 Å². The third kappa shape index (κ3) is 10.4. The summed E-state index contributed by atoms with van der Waals surface area (Å²) < 4.78 is 0. The van der Waals surface area contributed by atoms with Crippen molar-refractivity contribution in [2.24, 2.45) is 0 Å². The molecule has 0 rings (SSSR count). The number of rotatable bonds is 6. The van der Waals surface area contributed by atoms with Gasteiger partial charge in [0.2, 0.25) is 0 Å². The van der Waals surface area contributed by atoms with E-state index in [4.69, 9.17) is 5.26 Å². The van der Waals surface area contributed by atoms with E-state index in [0.29, 0.717) is 6.42 Å². The molecular weight excluding hydrogens is 167 g/mol. The van der Waals surface area contributed by atoms with Gasteiger partial charge in [0.15, 0.2) is 0 Å². The summed E-state index contributed by atoms with van der Waals surface area (Å²) in [7, 11) is 0. The Balaban J connectivity index is 0. The summed E-state index contributed by atoms with van der Waals surface area (Å²) in [6.07, 6.45) is 5.77. The molecule has 0 aliphatic heterocycles. The van der Waals surface area contributed by atoms with Crippen LogP contribution in [0.5, 0.6) is 0 Å². The van der Waals surface area contributed by atoms with Gasteiger partial charge in [-0.1, -0.05) is 32.6 Å². The minimum absolute atomic E-state index is 0. The Morgan fingerprint density at radius 2 is 1.83 bits per heavy atom. The molecule has 1 N–H and O–H groups in total. The third-order valence-electron chi connectivity index (χ3n) is 1.59. The van der Waals surface area contributed by atoms with Gasteiger partial charge in [-0.3, -0.25) is 0 Å². The van der Waals surface area contributed by atoms with Crippen molar-refractivity contribution in [2.75, 3.05) is 0 Å². The van der Waals surface area contributed by atoms with Crippen molar-refractivity contribution in [2.45, 2.75) is 45.4 Å². The molecule has 0 aromatic rings. The van der Waals surface area contributed by atoms with Crippen LogP contribution in [-0.2, 0) is 9.68 Å². The van der Waals surface area contributed by atoms with Gasteiger partial charge in [-0.25, -0.2) is 4.79 Å². The van der Waals surface area contributed by atoms with Crippen LogP contribution in [0.1, 0.15) is 45.4 Å². The summed E-state index contributed by atoms with van der Waals surface area (Å²) in [5.74, 6) is -0.526. The first-order chi connectivity index (χ1) is 5.31. The Morgan fingerprint density at radius 1 is 1.25 bits per heavy atom. The molecule has 0 heterocycles. The van der Waals surface area contributed by atoms with Crippen LogP contribution in [0.3, 0.4) is 0 Å². The molecule has 0 aliphatic rings. The fraction of sp³-hybridized carbons (Fsp3) is 0.875. The Kier molecular flexibility index (Phi) is 14.2. The summed E-state index contributed by atoms with van der Waals surface area (Å²) >= 11 is 0.